The minimum absolute atomic E-state index is 0.00298. The highest BCUT2D eigenvalue weighted by Crippen LogP contribution is 2.36. The van der Waals surface area contributed by atoms with Crippen LogP contribution in [0.5, 0.6) is 0 Å². The molecule has 102 valence electrons. The van der Waals surface area contributed by atoms with E-state index in [1.54, 1.807) is 7.05 Å². The number of hydrogen-bond donors (Lipinski definition) is 0. The van der Waals surface area contributed by atoms with Crippen molar-refractivity contribution in [3.8, 4) is 0 Å². The Morgan fingerprint density at radius 3 is 2.12 bits per heavy atom. The molecule has 1 fully saturated rings. The van der Waals surface area contributed by atoms with Crippen LogP contribution in [0, 0.1) is 5.21 Å². The Kier molecular flexibility index (Phi) is 7.14. The molecule has 0 unspecified atom stereocenters. The first-order valence-corrected chi connectivity index (χ1v) is 7.62. The molecule has 0 aromatic carbocycles. The average molecular weight is 240 g/mol. The van der Waals surface area contributed by atoms with Gasteiger partial charge in [-0.25, -0.2) is 0 Å². The first kappa shape index (κ1) is 15.0. The van der Waals surface area contributed by atoms with Crippen molar-refractivity contribution in [1.29, 1.82) is 0 Å². The fraction of sp³-hybridized carbons (Fsp3) is 1.00. The molecule has 1 rings (SSSR count). The van der Waals surface area contributed by atoms with Crippen LogP contribution >= 0.6 is 0 Å². The highest BCUT2D eigenvalue weighted by Gasteiger charge is 2.30. The van der Waals surface area contributed by atoms with E-state index in [0.717, 1.165) is 19.3 Å². The van der Waals surface area contributed by atoms with E-state index in [2.05, 4.69) is 6.92 Å². The van der Waals surface area contributed by atoms with Crippen LogP contribution in [0.3, 0.4) is 0 Å². The van der Waals surface area contributed by atoms with E-state index in [-0.39, 0.29) is 5.54 Å². The van der Waals surface area contributed by atoms with Gasteiger partial charge in [-0.15, -0.1) is 0 Å². The third kappa shape index (κ3) is 4.97. The van der Waals surface area contributed by atoms with Crippen LogP contribution in [-0.2, 0) is 0 Å². The van der Waals surface area contributed by atoms with Gasteiger partial charge < -0.3 is 10.3 Å². The molecule has 17 heavy (non-hydrogen) atoms. The SMILES string of the molecule is CCCCCCCCC1(N(C)[O-])CCCCC1. The topological polar surface area (TPSA) is 26.3 Å². The lowest BCUT2D eigenvalue weighted by Gasteiger charge is -2.49. The lowest BCUT2D eigenvalue weighted by Crippen LogP contribution is -2.44. The van der Waals surface area contributed by atoms with E-state index in [1.165, 1.54) is 62.9 Å². The summed E-state index contributed by atoms with van der Waals surface area (Å²) in [6.07, 6.45) is 15.2. The molecule has 0 N–H and O–H groups in total. The fourth-order valence-electron chi connectivity index (χ4n) is 3.17. The first-order chi connectivity index (χ1) is 8.21. The van der Waals surface area contributed by atoms with Crippen molar-refractivity contribution < 1.29 is 0 Å². The molecule has 2 heteroatoms. The third-order valence-electron chi connectivity index (χ3n) is 4.45. The van der Waals surface area contributed by atoms with E-state index in [1.807, 2.05) is 0 Å². The molecule has 0 amide bonds. The molecular formula is C15H30NO-. The summed E-state index contributed by atoms with van der Waals surface area (Å²) < 4.78 is 0. The molecule has 0 bridgehead atoms. The first-order valence-electron chi connectivity index (χ1n) is 7.62. The molecule has 0 aromatic heterocycles. The van der Waals surface area contributed by atoms with Gasteiger partial charge in [0, 0.05) is 5.54 Å². The molecule has 0 saturated heterocycles. The van der Waals surface area contributed by atoms with Crippen molar-refractivity contribution in [3.63, 3.8) is 0 Å². The summed E-state index contributed by atoms with van der Waals surface area (Å²) in [5.74, 6) is 0. The Hall–Kier alpha value is -0.0800. The Balaban J connectivity index is 2.20. The maximum Gasteiger partial charge on any atom is 0.00884 e. The smallest absolute Gasteiger partial charge is 0.00884 e. The highest BCUT2D eigenvalue weighted by molar-refractivity contribution is 4.91. The number of unbranched alkanes of at least 4 members (excludes halogenated alkanes) is 5. The molecule has 1 saturated carbocycles. The number of nitrogens with zero attached hydrogens (tertiary/aromatic N) is 1. The Morgan fingerprint density at radius 2 is 1.53 bits per heavy atom. The highest BCUT2D eigenvalue weighted by atomic mass is 16.5. The van der Waals surface area contributed by atoms with Crippen molar-refractivity contribution >= 4 is 0 Å². The van der Waals surface area contributed by atoms with Crippen molar-refractivity contribution in [1.82, 2.24) is 5.06 Å². The van der Waals surface area contributed by atoms with Crippen LogP contribution in [0.1, 0.15) is 84.0 Å². The van der Waals surface area contributed by atoms with Crippen LogP contribution < -0.4 is 0 Å². The summed E-state index contributed by atoms with van der Waals surface area (Å²) in [5, 5.41) is 13.1. The largest absolute Gasteiger partial charge is 0.785 e. The van der Waals surface area contributed by atoms with Crippen LogP contribution in [0.4, 0.5) is 0 Å². The number of hydroxylamine groups is 2. The second-order valence-corrected chi connectivity index (χ2v) is 5.80. The second-order valence-electron chi connectivity index (χ2n) is 5.80. The van der Waals surface area contributed by atoms with Gasteiger partial charge in [-0.3, -0.25) is 0 Å². The van der Waals surface area contributed by atoms with Gasteiger partial charge in [-0.05, 0) is 26.3 Å². The van der Waals surface area contributed by atoms with E-state index in [0.29, 0.717) is 0 Å². The van der Waals surface area contributed by atoms with Gasteiger partial charge in [0.1, 0.15) is 0 Å². The van der Waals surface area contributed by atoms with E-state index in [4.69, 9.17) is 0 Å². The van der Waals surface area contributed by atoms with Crippen molar-refractivity contribution in [2.24, 2.45) is 0 Å². The van der Waals surface area contributed by atoms with Crippen LogP contribution in [0.25, 0.3) is 0 Å². The van der Waals surface area contributed by atoms with Gasteiger partial charge in [0.2, 0.25) is 0 Å². The summed E-state index contributed by atoms with van der Waals surface area (Å²) >= 11 is 0. The Morgan fingerprint density at radius 1 is 0.941 bits per heavy atom. The van der Waals surface area contributed by atoms with Gasteiger partial charge in [0.05, 0.1) is 0 Å². The van der Waals surface area contributed by atoms with Gasteiger partial charge in [0.25, 0.3) is 0 Å². The fourth-order valence-corrected chi connectivity index (χ4v) is 3.17. The zero-order valence-electron chi connectivity index (χ0n) is 11.8. The lowest BCUT2D eigenvalue weighted by molar-refractivity contribution is 0.106. The van der Waals surface area contributed by atoms with Crippen LogP contribution in [0.15, 0.2) is 0 Å². The molecule has 0 aliphatic heterocycles. The van der Waals surface area contributed by atoms with Gasteiger partial charge in [-0.2, -0.15) is 0 Å². The van der Waals surface area contributed by atoms with Gasteiger partial charge in [-0.1, -0.05) is 64.7 Å². The third-order valence-corrected chi connectivity index (χ3v) is 4.45. The molecule has 1 aliphatic rings. The van der Waals surface area contributed by atoms with E-state index in [9.17, 15) is 5.21 Å². The summed E-state index contributed by atoms with van der Waals surface area (Å²) in [4.78, 5) is 0. The Labute approximate surface area is 107 Å². The molecule has 0 heterocycles. The van der Waals surface area contributed by atoms with Crippen molar-refractivity contribution in [3.05, 3.63) is 5.21 Å². The van der Waals surface area contributed by atoms with Crippen LogP contribution in [-0.4, -0.2) is 17.6 Å². The van der Waals surface area contributed by atoms with Crippen LogP contribution in [0.2, 0.25) is 0 Å². The summed E-state index contributed by atoms with van der Waals surface area (Å²) in [6.45, 7) is 2.25. The minimum atomic E-state index is 0.00298. The molecule has 0 aromatic rings. The summed E-state index contributed by atoms with van der Waals surface area (Å²) in [5.41, 5.74) is 0.00298. The molecule has 2 nitrogen and oxygen atoms in total. The van der Waals surface area contributed by atoms with E-state index >= 15 is 0 Å². The zero-order chi connectivity index (χ0) is 12.6. The molecule has 0 spiro atoms. The predicted molar refractivity (Wildman–Crippen MR) is 74.9 cm³/mol. The lowest BCUT2D eigenvalue weighted by atomic mass is 9.78. The number of rotatable bonds is 8. The van der Waals surface area contributed by atoms with Gasteiger partial charge >= 0.3 is 0 Å². The molecule has 1 aliphatic carbocycles. The standard InChI is InChI=1S/C15H30NO/c1-3-4-5-6-7-9-12-15(16(2)17)13-10-8-11-14-15/h3-14H2,1-2H3/q-1. The normalized spacial score (nSPS) is 19.8. The minimum Gasteiger partial charge on any atom is -0.785 e. The Bertz CT molecular complexity index is 185. The number of hydrogen-bond acceptors (Lipinski definition) is 2. The summed E-state index contributed by atoms with van der Waals surface area (Å²) in [7, 11) is 1.74. The molecule has 0 atom stereocenters. The van der Waals surface area contributed by atoms with E-state index < -0.39 is 0 Å². The van der Waals surface area contributed by atoms with Gasteiger partial charge in [0.15, 0.2) is 0 Å². The molecular weight excluding hydrogens is 210 g/mol. The quantitative estimate of drug-likeness (QED) is 0.447. The average Bonchev–Trinajstić information content (AvgIpc) is 2.34. The van der Waals surface area contributed by atoms with Crippen molar-refractivity contribution in [2.75, 3.05) is 7.05 Å². The summed E-state index contributed by atoms with van der Waals surface area (Å²) in [6, 6.07) is 0. The predicted octanol–water partition coefficient (Wildman–Crippen LogP) is 4.87. The monoisotopic (exact) mass is 240 g/mol. The second kappa shape index (κ2) is 8.10. The maximum atomic E-state index is 11.8. The maximum absolute atomic E-state index is 11.8. The molecule has 0 radical (unpaired) electrons. The zero-order valence-corrected chi connectivity index (χ0v) is 11.8. The van der Waals surface area contributed by atoms with Crippen molar-refractivity contribution in [2.45, 2.75) is 89.5 Å².